The van der Waals surface area contributed by atoms with Crippen LogP contribution < -0.4 is 5.73 Å². The Morgan fingerprint density at radius 1 is 1.85 bits per heavy atom. The number of esters is 1. The van der Waals surface area contributed by atoms with Gasteiger partial charge in [-0.1, -0.05) is 0 Å². The van der Waals surface area contributed by atoms with E-state index in [0.29, 0.717) is 17.9 Å². The lowest BCUT2D eigenvalue weighted by Gasteiger charge is -1.99. The van der Waals surface area contributed by atoms with Gasteiger partial charge in [-0.25, -0.2) is 9.78 Å². The van der Waals surface area contributed by atoms with Crippen molar-refractivity contribution >= 4 is 5.97 Å². The summed E-state index contributed by atoms with van der Waals surface area (Å²) >= 11 is 0. The molecule has 1 atom stereocenters. The molecule has 1 aromatic heterocycles. The summed E-state index contributed by atoms with van der Waals surface area (Å²) in [6.45, 7) is 1.88. The third-order valence-corrected chi connectivity index (χ3v) is 1.55. The number of hydrogen-bond donors (Lipinski definition) is 2. The molecular formula is C8H13N3O2. The second-order valence-corrected chi connectivity index (χ2v) is 2.92. The molecule has 0 saturated heterocycles. The highest BCUT2D eigenvalue weighted by molar-refractivity contribution is 5.86. The molecule has 3 N–H and O–H groups in total. The first-order valence-corrected chi connectivity index (χ1v) is 4.01. The minimum atomic E-state index is -0.413. The first kappa shape index (κ1) is 9.73. The normalized spacial score (nSPS) is 12.5. The van der Waals surface area contributed by atoms with E-state index in [1.807, 2.05) is 6.92 Å². The lowest BCUT2D eigenvalue weighted by Crippen LogP contribution is -2.18. The number of imidazole rings is 1. The standard InChI is InChI=1S/C8H13N3O2/c1-5(9)3-7-10-4-6(11-7)8(12)13-2/h4-5H,3,9H2,1-2H3,(H,10,11). The zero-order valence-electron chi connectivity index (χ0n) is 7.70. The van der Waals surface area contributed by atoms with Gasteiger partial charge in [-0.2, -0.15) is 0 Å². The van der Waals surface area contributed by atoms with Gasteiger partial charge in [0.2, 0.25) is 0 Å². The highest BCUT2D eigenvalue weighted by atomic mass is 16.5. The first-order valence-electron chi connectivity index (χ1n) is 4.01. The number of carbonyl (C=O) groups excluding carboxylic acids is 1. The summed E-state index contributed by atoms with van der Waals surface area (Å²) < 4.78 is 4.51. The quantitative estimate of drug-likeness (QED) is 0.650. The Morgan fingerprint density at radius 2 is 2.54 bits per heavy atom. The van der Waals surface area contributed by atoms with E-state index in [1.54, 1.807) is 0 Å². The molecule has 5 heteroatoms. The van der Waals surface area contributed by atoms with Crippen molar-refractivity contribution in [1.29, 1.82) is 0 Å². The molecule has 0 saturated carbocycles. The summed E-state index contributed by atoms with van der Waals surface area (Å²) in [5.74, 6) is 0.291. The van der Waals surface area contributed by atoms with Crippen LogP contribution in [0, 0.1) is 0 Å². The molecule has 0 amide bonds. The van der Waals surface area contributed by atoms with Gasteiger partial charge >= 0.3 is 5.97 Å². The van der Waals surface area contributed by atoms with E-state index in [0.717, 1.165) is 0 Å². The van der Waals surface area contributed by atoms with Gasteiger partial charge in [0.15, 0.2) is 0 Å². The Kier molecular flexibility index (Phi) is 3.02. The van der Waals surface area contributed by atoms with Crippen LogP contribution in [0.25, 0.3) is 0 Å². The Hall–Kier alpha value is -1.36. The molecule has 0 fully saturated rings. The van der Waals surface area contributed by atoms with Crippen LogP contribution in [0.5, 0.6) is 0 Å². The van der Waals surface area contributed by atoms with Gasteiger partial charge in [-0.05, 0) is 6.92 Å². The fourth-order valence-corrected chi connectivity index (χ4v) is 0.985. The Labute approximate surface area is 76.3 Å². The third kappa shape index (κ3) is 2.55. The number of nitrogens with two attached hydrogens (primary N) is 1. The van der Waals surface area contributed by atoms with Crippen molar-refractivity contribution in [3.8, 4) is 0 Å². The van der Waals surface area contributed by atoms with E-state index >= 15 is 0 Å². The predicted octanol–water partition coefficient (Wildman–Crippen LogP) is 0.0860. The maximum Gasteiger partial charge on any atom is 0.356 e. The molecule has 1 aromatic rings. The summed E-state index contributed by atoms with van der Waals surface area (Å²) in [5.41, 5.74) is 5.93. The first-order chi connectivity index (χ1) is 6.13. The number of nitrogens with one attached hydrogen (secondary N) is 1. The zero-order valence-corrected chi connectivity index (χ0v) is 7.70. The number of nitrogens with zero attached hydrogens (tertiary/aromatic N) is 1. The average Bonchev–Trinajstić information content (AvgIpc) is 2.50. The van der Waals surface area contributed by atoms with Crippen LogP contribution in [0.15, 0.2) is 6.20 Å². The van der Waals surface area contributed by atoms with Crippen LogP contribution in [-0.2, 0) is 11.2 Å². The molecule has 13 heavy (non-hydrogen) atoms. The molecule has 0 spiro atoms. The van der Waals surface area contributed by atoms with Gasteiger partial charge in [0.25, 0.3) is 0 Å². The zero-order chi connectivity index (χ0) is 9.84. The second kappa shape index (κ2) is 4.04. The summed E-state index contributed by atoms with van der Waals surface area (Å²) in [7, 11) is 1.33. The van der Waals surface area contributed by atoms with E-state index in [2.05, 4.69) is 14.7 Å². The maximum atomic E-state index is 11.0. The van der Waals surface area contributed by atoms with E-state index < -0.39 is 5.97 Å². The van der Waals surface area contributed by atoms with Crippen LogP contribution >= 0.6 is 0 Å². The fourth-order valence-electron chi connectivity index (χ4n) is 0.985. The summed E-state index contributed by atoms with van der Waals surface area (Å²) in [4.78, 5) is 17.8. The van der Waals surface area contributed by atoms with Crippen LogP contribution in [0.4, 0.5) is 0 Å². The summed E-state index contributed by atoms with van der Waals surface area (Å²) in [5, 5.41) is 0. The van der Waals surface area contributed by atoms with Crippen molar-refractivity contribution in [2.24, 2.45) is 5.73 Å². The Bertz CT molecular complexity index is 293. The van der Waals surface area contributed by atoms with E-state index in [1.165, 1.54) is 13.3 Å². The Balaban J connectivity index is 2.69. The number of aromatic amines is 1. The van der Waals surface area contributed by atoms with Crippen molar-refractivity contribution < 1.29 is 9.53 Å². The molecule has 0 radical (unpaired) electrons. The van der Waals surface area contributed by atoms with Gasteiger partial charge in [0.05, 0.1) is 13.3 Å². The number of aromatic nitrogens is 2. The maximum absolute atomic E-state index is 11.0. The van der Waals surface area contributed by atoms with Crippen molar-refractivity contribution in [1.82, 2.24) is 9.97 Å². The minimum absolute atomic E-state index is 0.0247. The molecule has 0 aliphatic rings. The van der Waals surface area contributed by atoms with Crippen LogP contribution in [-0.4, -0.2) is 29.1 Å². The van der Waals surface area contributed by atoms with Crippen molar-refractivity contribution in [3.05, 3.63) is 17.7 Å². The minimum Gasteiger partial charge on any atom is -0.464 e. The fraction of sp³-hybridized carbons (Fsp3) is 0.500. The molecule has 0 aliphatic carbocycles. The molecule has 0 bridgehead atoms. The highest BCUT2D eigenvalue weighted by Crippen LogP contribution is 2.00. The third-order valence-electron chi connectivity index (χ3n) is 1.55. The molecule has 0 aliphatic heterocycles. The van der Waals surface area contributed by atoms with Gasteiger partial charge in [-0.15, -0.1) is 0 Å². The van der Waals surface area contributed by atoms with Crippen molar-refractivity contribution in [2.45, 2.75) is 19.4 Å². The number of carbonyl (C=O) groups is 1. The SMILES string of the molecule is COC(=O)c1cnc(CC(C)N)[nH]1. The molecule has 5 nitrogen and oxygen atoms in total. The lowest BCUT2D eigenvalue weighted by molar-refractivity contribution is 0.0594. The number of ether oxygens (including phenoxy) is 1. The number of H-pyrrole nitrogens is 1. The van der Waals surface area contributed by atoms with Gasteiger partial charge in [0.1, 0.15) is 11.5 Å². The number of hydrogen-bond acceptors (Lipinski definition) is 4. The van der Waals surface area contributed by atoms with E-state index in [-0.39, 0.29) is 6.04 Å². The van der Waals surface area contributed by atoms with Crippen molar-refractivity contribution in [2.75, 3.05) is 7.11 Å². The molecule has 0 aromatic carbocycles. The lowest BCUT2D eigenvalue weighted by atomic mass is 10.2. The van der Waals surface area contributed by atoms with Gasteiger partial charge in [0, 0.05) is 12.5 Å². The summed E-state index contributed by atoms with van der Waals surface area (Å²) in [6, 6.07) is 0.0247. The highest BCUT2D eigenvalue weighted by Gasteiger charge is 2.09. The molecule has 1 unspecified atom stereocenters. The Morgan fingerprint density at radius 3 is 3.08 bits per heavy atom. The smallest absolute Gasteiger partial charge is 0.356 e. The average molecular weight is 183 g/mol. The largest absolute Gasteiger partial charge is 0.464 e. The van der Waals surface area contributed by atoms with Crippen molar-refractivity contribution in [3.63, 3.8) is 0 Å². The summed E-state index contributed by atoms with van der Waals surface area (Å²) in [6.07, 6.45) is 2.07. The van der Waals surface area contributed by atoms with E-state index in [9.17, 15) is 4.79 Å². The number of rotatable bonds is 3. The van der Waals surface area contributed by atoms with Crippen LogP contribution in [0.2, 0.25) is 0 Å². The molecular weight excluding hydrogens is 170 g/mol. The monoisotopic (exact) mass is 183 g/mol. The topological polar surface area (TPSA) is 81.0 Å². The molecule has 72 valence electrons. The predicted molar refractivity (Wildman–Crippen MR) is 47.3 cm³/mol. The van der Waals surface area contributed by atoms with Crippen LogP contribution in [0.1, 0.15) is 23.2 Å². The number of methoxy groups -OCH3 is 1. The van der Waals surface area contributed by atoms with Gasteiger partial charge < -0.3 is 15.5 Å². The second-order valence-electron chi connectivity index (χ2n) is 2.92. The molecule has 1 rings (SSSR count). The van der Waals surface area contributed by atoms with Gasteiger partial charge in [-0.3, -0.25) is 0 Å². The molecule has 1 heterocycles. The van der Waals surface area contributed by atoms with E-state index in [4.69, 9.17) is 5.73 Å². The van der Waals surface area contributed by atoms with Crippen LogP contribution in [0.3, 0.4) is 0 Å².